The molecule has 0 atom stereocenters. The average molecular weight is 392 g/mol. The molecule has 25 heavy (non-hydrogen) atoms. The fourth-order valence-electron chi connectivity index (χ4n) is 3.38. The molecule has 3 aromatic carbocycles. The van der Waals surface area contributed by atoms with E-state index in [9.17, 15) is 8.42 Å². The van der Waals surface area contributed by atoms with Gasteiger partial charge in [0.05, 0.1) is 11.4 Å². The Morgan fingerprint density at radius 3 is 2.48 bits per heavy atom. The number of halogens is 2. The van der Waals surface area contributed by atoms with Crippen LogP contribution in [0.15, 0.2) is 48.5 Å². The highest BCUT2D eigenvalue weighted by atomic mass is 35.5. The Labute approximate surface area is 156 Å². The van der Waals surface area contributed by atoms with Crippen LogP contribution in [0.4, 0.5) is 5.69 Å². The molecule has 0 saturated carbocycles. The summed E-state index contributed by atoms with van der Waals surface area (Å²) in [6.07, 6.45) is 2.01. The van der Waals surface area contributed by atoms with Crippen molar-refractivity contribution in [3.05, 3.63) is 75.3 Å². The van der Waals surface area contributed by atoms with Gasteiger partial charge < -0.3 is 0 Å². The first kappa shape index (κ1) is 16.7. The van der Waals surface area contributed by atoms with Gasteiger partial charge in [-0.1, -0.05) is 53.5 Å². The van der Waals surface area contributed by atoms with Crippen LogP contribution in [-0.4, -0.2) is 8.42 Å². The monoisotopic (exact) mass is 391 g/mol. The van der Waals surface area contributed by atoms with Crippen molar-refractivity contribution < 1.29 is 8.42 Å². The third-order valence-corrected chi connectivity index (χ3v) is 6.31. The SMILES string of the molecule is O=S(=O)(Cc1ccc(Cl)cc1Cl)Nc1ccc2c3c(cccc13)CC2. The number of hydrogen-bond donors (Lipinski definition) is 1. The molecule has 0 spiro atoms. The molecule has 1 aliphatic carbocycles. The number of nitrogens with one attached hydrogen (secondary N) is 1. The Bertz CT molecular complexity index is 1080. The predicted octanol–water partition coefficient (Wildman–Crippen LogP) is 5.19. The van der Waals surface area contributed by atoms with Crippen molar-refractivity contribution in [1.82, 2.24) is 0 Å². The van der Waals surface area contributed by atoms with Crippen molar-refractivity contribution in [2.75, 3.05) is 4.72 Å². The van der Waals surface area contributed by atoms with Gasteiger partial charge in [-0.25, -0.2) is 8.42 Å². The first-order valence-corrected chi connectivity index (χ1v) is 10.3. The minimum Gasteiger partial charge on any atom is -0.283 e. The van der Waals surface area contributed by atoms with Crippen molar-refractivity contribution in [2.45, 2.75) is 18.6 Å². The normalized spacial score (nSPS) is 13.4. The Balaban J connectivity index is 1.69. The minimum absolute atomic E-state index is 0.202. The van der Waals surface area contributed by atoms with Crippen LogP contribution in [0.1, 0.15) is 16.7 Å². The number of anilines is 1. The van der Waals surface area contributed by atoms with Gasteiger partial charge >= 0.3 is 0 Å². The first-order chi connectivity index (χ1) is 11.9. The lowest BCUT2D eigenvalue weighted by Crippen LogP contribution is -2.15. The molecule has 0 radical (unpaired) electrons. The van der Waals surface area contributed by atoms with E-state index in [4.69, 9.17) is 23.2 Å². The molecule has 6 heteroatoms. The van der Waals surface area contributed by atoms with Crippen LogP contribution in [0.3, 0.4) is 0 Å². The lowest BCUT2D eigenvalue weighted by atomic mass is 10.0. The van der Waals surface area contributed by atoms with Crippen LogP contribution in [0.5, 0.6) is 0 Å². The molecule has 0 heterocycles. The summed E-state index contributed by atoms with van der Waals surface area (Å²) in [5.41, 5.74) is 3.67. The van der Waals surface area contributed by atoms with Gasteiger partial charge in [0.15, 0.2) is 0 Å². The summed E-state index contributed by atoms with van der Waals surface area (Å²) in [5, 5.41) is 2.94. The van der Waals surface area contributed by atoms with Gasteiger partial charge in [0.2, 0.25) is 10.0 Å². The predicted molar refractivity (Wildman–Crippen MR) is 104 cm³/mol. The number of aryl methyl sites for hydroxylation is 2. The molecule has 3 nitrogen and oxygen atoms in total. The van der Waals surface area contributed by atoms with Crippen molar-refractivity contribution in [2.24, 2.45) is 0 Å². The van der Waals surface area contributed by atoms with E-state index in [1.807, 2.05) is 24.3 Å². The Hall–Kier alpha value is -1.75. The Morgan fingerprint density at radius 1 is 0.960 bits per heavy atom. The molecule has 0 aromatic heterocycles. The van der Waals surface area contributed by atoms with E-state index >= 15 is 0 Å². The molecule has 0 bridgehead atoms. The van der Waals surface area contributed by atoms with E-state index in [2.05, 4.69) is 10.8 Å². The largest absolute Gasteiger partial charge is 0.283 e. The standard InChI is InChI=1S/C19H15Cl2NO2S/c20-15-8-6-14(17(21)10-15)11-25(23,24)22-18-9-7-13-5-4-12-2-1-3-16(18)19(12)13/h1-3,6-10,22H,4-5,11H2. The van der Waals surface area contributed by atoms with E-state index in [0.717, 1.165) is 18.2 Å². The van der Waals surface area contributed by atoms with Gasteiger partial charge in [0.1, 0.15) is 0 Å². The van der Waals surface area contributed by atoms with Crippen LogP contribution in [0, 0.1) is 0 Å². The number of benzene rings is 3. The first-order valence-electron chi connectivity index (χ1n) is 7.91. The van der Waals surface area contributed by atoms with Crippen LogP contribution < -0.4 is 4.72 Å². The molecular weight excluding hydrogens is 377 g/mol. The smallest absolute Gasteiger partial charge is 0.236 e. The van der Waals surface area contributed by atoms with E-state index in [1.165, 1.54) is 16.5 Å². The Kier molecular flexibility index (Phi) is 4.14. The molecule has 0 aliphatic heterocycles. The van der Waals surface area contributed by atoms with Crippen LogP contribution in [-0.2, 0) is 28.6 Å². The third kappa shape index (κ3) is 3.22. The second-order valence-corrected chi connectivity index (χ2v) is 8.77. The van der Waals surface area contributed by atoms with Crippen molar-refractivity contribution >= 4 is 49.7 Å². The van der Waals surface area contributed by atoms with E-state index in [-0.39, 0.29) is 5.75 Å². The molecule has 3 aromatic rings. The number of sulfonamides is 1. The zero-order valence-electron chi connectivity index (χ0n) is 13.2. The van der Waals surface area contributed by atoms with E-state index < -0.39 is 10.0 Å². The van der Waals surface area contributed by atoms with Crippen molar-refractivity contribution in [1.29, 1.82) is 0 Å². The van der Waals surface area contributed by atoms with Crippen LogP contribution >= 0.6 is 23.2 Å². The van der Waals surface area contributed by atoms with E-state index in [1.54, 1.807) is 18.2 Å². The zero-order chi connectivity index (χ0) is 17.6. The highest BCUT2D eigenvalue weighted by Crippen LogP contribution is 2.35. The third-order valence-electron chi connectivity index (χ3n) is 4.50. The molecule has 0 amide bonds. The average Bonchev–Trinajstić information content (AvgIpc) is 2.98. The fraction of sp³-hybridized carbons (Fsp3) is 0.158. The topological polar surface area (TPSA) is 46.2 Å². The molecule has 0 saturated heterocycles. The summed E-state index contributed by atoms with van der Waals surface area (Å²) < 4.78 is 28.0. The van der Waals surface area contributed by atoms with Gasteiger partial charge in [-0.2, -0.15) is 0 Å². The molecule has 4 rings (SSSR count). The van der Waals surface area contributed by atoms with Gasteiger partial charge in [-0.15, -0.1) is 0 Å². The molecule has 128 valence electrons. The highest BCUT2D eigenvalue weighted by molar-refractivity contribution is 7.91. The van der Waals surface area contributed by atoms with Crippen LogP contribution in [0.2, 0.25) is 10.0 Å². The minimum atomic E-state index is -3.60. The fourth-order valence-corrected chi connectivity index (χ4v) is 5.18. The summed E-state index contributed by atoms with van der Waals surface area (Å²) in [5.74, 6) is -0.202. The van der Waals surface area contributed by atoms with Gasteiger partial charge in [-0.3, -0.25) is 4.72 Å². The summed E-state index contributed by atoms with van der Waals surface area (Å²) in [6, 6.07) is 14.7. The van der Waals surface area contributed by atoms with Crippen LogP contribution in [0.25, 0.3) is 10.8 Å². The lowest BCUT2D eigenvalue weighted by Gasteiger charge is -2.13. The lowest BCUT2D eigenvalue weighted by molar-refractivity contribution is 0.600. The van der Waals surface area contributed by atoms with Gasteiger partial charge in [0, 0.05) is 15.4 Å². The molecule has 1 aliphatic rings. The maximum Gasteiger partial charge on any atom is 0.236 e. The summed E-state index contributed by atoms with van der Waals surface area (Å²) in [7, 11) is -3.60. The molecule has 0 fully saturated rings. The van der Waals surface area contributed by atoms with Gasteiger partial charge in [-0.05, 0) is 53.1 Å². The maximum atomic E-state index is 12.6. The molecule has 0 unspecified atom stereocenters. The number of hydrogen-bond acceptors (Lipinski definition) is 2. The zero-order valence-corrected chi connectivity index (χ0v) is 15.5. The molecular formula is C19H15Cl2NO2S. The highest BCUT2D eigenvalue weighted by Gasteiger charge is 2.19. The summed E-state index contributed by atoms with van der Waals surface area (Å²) in [4.78, 5) is 0. The Morgan fingerprint density at radius 2 is 1.72 bits per heavy atom. The second kappa shape index (κ2) is 6.20. The quantitative estimate of drug-likeness (QED) is 0.665. The number of rotatable bonds is 4. The van der Waals surface area contributed by atoms with Crippen molar-refractivity contribution in [3.8, 4) is 0 Å². The summed E-state index contributed by atoms with van der Waals surface area (Å²) >= 11 is 12.0. The molecule has 1 N–H and O–H groups in total. The summed E-state index contributed by atoms with van der Waals surface area (Å²) in [6.45, 7) is 0. The van der Waals surface area contributed by atoms with E-state index in [0.29, 0.717) is 21.3 Å². The van der Waals surface area contributed by atoms with Gasteiger partial charge in [0.25, 0.3) is 0 Å². The maximum absolute atomic E-state index is 12.6. The van der Waals surface area contributed by atoms with Crippen molar-refractivity contribution in [3.63, 3.8) is 0 Å². The second-order valence-electron chi connectivity index (χ2n) is 6.21.